The molecule has 1 spiro atoms. The van der Waals surface area contributed by atoms with Crippen molar-refractivity contribution in [2.75, 3.05) is 5.32 Å². The Morgan fingerprint density at radius 1 is 1.13 bits per heavy atom. The van der Waals surface area contributed by atoms with Crippen molar-refractivity contribution in [3.05, 3.63) is 82.5 Å². The Balaban J connectivity index is 1.51. The number of fused-ring (bicyclic) bond motifs is 4. The Hall–Kier alpha value is -4.51. The molecule has 1 unspecified atom stereocenters. The van der Waals surface area contributed by atoms with E-state index in [9.17, 15) is 14.7 Å². The minimum Gasteiger partial charge on any atom is -0.469 e. The number of hydrogen-bond acceptors (Lipinski definition) is 9. The van der Waals surface area contributed by atoms with Crippen LogP contribution in [-0.4, -0.2) is 39.1 Å². The lowest BCUT2D eigenvalue weighted by Crippen LogP contribution is -2.42. The van der Waals surface area contributed by atoms with E-state index in [1.54, 1.807) is 26.8 Å². The van der Waals surface area contributed by atoms with Crippen molar-refractivity contribution < 1.29 is 32.7 Å². The number of amides is 1. The number of oxazole rings is 2. The molecule has 3 N–H and O–H groups in total. The highest BCUT2D eigenvalue weighted by Gasteiger charge is 2.61. The van der Waals surface area contributed by atoms with Crippen molar-refractivity contribution in [3.63, 3.8) is 0 Å². The van der Waals surface area contributed by atoms with Gasteiger partial charge in [-0.05, 0) is 54.5 Å². The van der Waals surface area contributed by atoms with Gasteiger partial charge in [0.15, 0.2) is 23.5 Å². The molecule has 0 saturated carbocycles. The van der Waals surface area contributed by atoms with Gasteiger partial charge in [-0.2, -0.15) is 0 Å². The van der Waals surface area contributed by atoms with Crippen LogP contribution in [0.5, 0.6) is 5.75 Å². The molecule has 5 atom stereocenters. The van der Waals surface area contributed by atoms with Gasteiger partial charge in [-0.25, -0.2) is 14.4 Å². The van der Waals surface area contributed by atoms with Gasteiger partial charge in [0.05, 0.1) is 5.69 Å². The van der Waals surface area contributed by atoms with Crippen molar-refractivity contribution in [3.8, 4) is 17.3 Å². The quantitative estimate of drug-likeness (QED) is 0.257. The van der Waals surface area contributed by atoms with E-state index in [2.05, 4.69) is 15.6 Å². The Morgan fingerprint density at radius 2 is 1.91 bits per heavy atom. The smallest absolute Gasteiger partial charge is 0.249 e. The normalized spacial score (nSPS) is 23.8. The summed E-state index contributed by atoms with van der Waals surface area (Å²) in [6, 6.07) is 9.40. The van der Waals surface area contributed by atoms with E-state index >= 15 is 4.39 Å². The molecule has 0 aliphatic carbocycles. The third kappa shape index (κ3) is 4.62. The van der Waals surface area contributed by atoms with E-state index < -0.39 is 46.7 Å². The molecule has 10 nitrogen and oxygen atoms in total. The van der Waals surface area contributed by atoms with E-state index in [1.807, 2.05) is 39.0 Å². The van der Waals surface area contributed by atoms with Crippen LogP contribution in [0, 0.1) is 30.0 Å². The van der Waals surface area contributed by atoms with Crippen molar-refractivity contribution in [2.24, 2.45) is 17.3 Å². The molecule has 7 rings (SSSR count). The SMILES string of the molecule is Cc1coc(-c2nc3oc2C24c5cc(F)ccc5N[C@H]2Oc2ccc(cc24)C[C@H](CC(=O)[C@@H](O)C(C)C)C(=O)N[C@H]3C(C)(C)C)n1. The average Bonchev–Trinajstić information content (AvgIpc) is 3.75. The van der Waals surface area contributed by atoms with E-state index in [4.69, 9.17) is 18.6 Å². The first-order chi connectivity index (χ1) is 21.8. The Kier molecular flexibility index (Phi) is 6.89. The molecule has 2 aromatic heterocycles. The number of anilines is 1. The first-order valence-electron chi connectivity index (χ1n) is 15.6. The molecule has 11 heteroatoms. The van der Waals surface area contributed by atoms with Crippen molar-refractivity contribution in [1.29, 1.82) is 0 Å². The second kappa shape index (κ2) is 10.5. The van der Waals surface area contributed by atoms with Crippen LogP contribution in [0.25, 0.3) is 11.6 Å². The Morgan fingerprint density at radius 3 is 2.61 bits per heavy atom. The van der Waals surface area contributed by atoms with E-state index in [-0.39, 0.29) is 36.4 Å². The van der Waals surface area contributed by atoms with Crippen LogP contribution < -0.4 is 15.4 Å². The summed E-state index contributed by atoms with van der Waals surface area (Å²) in [6.45, 7) is 11.2. The molecular formula is C35H37FN4O6. The standard InChI is InChI=1S/C35H37FN4O6/c1-16(2)27(42)24(41)13-19-11-18-7-10-25-22(12-18)35(21-14-20(36)8-9-23(21)38-33(35)45-25)29-26(31-37-17(3)15-44-31)39-32(46-29)28(34(4,5)6)40-30(19)43/h7-10,12,14-16,19,27-28,33,38,42H,11,13H2,1-6H3,(H,40,43)/t19-,27+,28-,33+,35?/m1/s1. The maximum atomic E-state index is 15.1. The van der Waals surface area contributed by atoms with Gasteiger partial charge in [0.1, 0.15) is 35.4 Å². The average molecular weight is 629 g/mol. The topological polar surface area (TPSA) is 140 Å². The van der Waals surface area contributed by atoms with Crippen LogP contribution in [0.4, 0.5) is 10.1 Å². The fourth-order valence-corrected chi connectivity index (χ4v) is 6.89. The summed E-state index contributed by atoms with van der Waals surface area (Å²) in [6.07, 6.45) is -0.340. The third-order valence-corrected chi connectivity index (χ3v) is 9.28. The van der Waals surface area contributed by atoms with Crippen molar-refractivity contribution in [2.45, 2.75) is 78.2 Å². The number of ketones is 1. The lowest BCUT2D eigenvalue weighted by atomic mass is 9.72. The number of aryl methyl sites for hydroxylation is 1. The van der Waals surface area contributed by atoms with E-state index in [0.717, 1.165) is 5.56 Å². The summed E-state index contributed by atoms with van der Waals surface area (Å²) in [7, 11) is 0. The molecule has 3 aliphatic rings. The van der Waals surface area contributed by atoms with Gasteiger partial charge in [0.25, 0.3) is 0 Å². The van der Waals surface area contributed by atoms with Crippen LogP contribution in [0.1, 0.15) is 81.1 Å². The zero-order valence-corrected chi connectivity index (χ0v) is 26.6. The van der Waals surface area contributed by atoms with Crippen molar-refractivity contribution in [1.82, 2.24) is 15.3 Å². The van der Waals surface area contributed by atoms with Gasteiger partial charge < -0.3 is 29.3 Å². The number of carbonyl (C=O) groups is 2. The molecule has 240 valence electrons. The maximum Gasteiger partial charge on any atom is 0.249 e. The molecule has 4 aromatic rings. The van der Waals surface area contributed by atoms with Gasteiger partial charge in [-0.1, -0.05) is 46.8 Å². The number of aromatic nitrogens is 2. The highest BCUT2D eigenvalue weighted by atomic mass is 19.1. The number of ether oxygens (including phenoxy) is 1. The van der Waals surface area contributed by atoms with Gasteiger partial charge in [0.2, 0.25) is 17.7 Å². The number of aliphatic hydroxyl groups is 1. The van der Waals surface area contributed by atoms with Crippen molar-refractivity contribution >= 4 is 17.4 Å². The summed E-state index contributed by atoms with van der Waals surface area (Å²) in [5, 5.41) is 17.1. The van der Waals surface area contributed by atoms with E-state index in [1.165, 1.54) is 18.4 Å². The summed E-state index contributed by atoms with van der Waals surface area (Å²) in [5.74, 6) is -0.969. The molecule has 0 fully saturated rings. The molecular weight excluding hydrogens is 591 g/mol. The Labute approximate surface area is 265 Å². The number of rotatable bonds is 5. The highest BCUT2D eigenvalue weighted by Crippen LogP contribution is 2.59. The number of aliphatic hydroxyl groups excluding tert-OH is 1. The molecule has 0 radical (unpaired) electrons. The predicted octanol–water partition coefficient (Wildman–Crippen LogP) is 5.61. The van der Waals surface area contributed by atoms with Crippen LogP contribution in [0.2, 0.25) is 0 Å². The number of halogens is 1. The Bertz CT molecular complexity index is 1870. The minimum absolute atomic E-state index is 0.156. The maximum absolute atomic E-state index is 15.1. The zero-order valence-electron chi connectivity index (χ0n) is 26.6. The summed E-state index contributed by atoms with van der Waals surface area (Å²) in [4.78, 5) is 36.8. The van der Waals surface area contributed by atoms with Crippen LogP contribution in [0.3, 0.4) is 0 Å². The number of nitrogens with zero attached hydrogens (tertiary/aromatic N) is 2. The second-order valence-corrected chi connectivity index (χ2v) is 14.1. The summed E-state index contributed by atoms with van der Waals surface area (Å²) < 4.78 is 34.3. The molecule has 0 saturated heterocycles. The number of Topliss-reactive ketones (excluding diaryl/α,β-unsaturated/α-hetero) is 1. The fraction of sp³-hybridized carbons (Fsp3) is 0.429. The second-order valence-electron chi connectivity index (χ2n) is 14.1. The number of carbonyl (C=O) groups excluding carboxylic acids is 2. The van der Waals surface area contributed by atoms with Crippen LogP contribution in [0.15, 0.2) is 51.5 Å². The molecule has 3 aliphatic heterocycles. The largest absolute Gasteiger partial charge is 0.469 e. The molecule has 46 heavy (non-hydrogen) atoms. The molecule has 1 amide bonds. The number of benzene rings is 2. The minimum atomic E-state index is -1.21. The fourth-order valence-electron chi connectivity index (χ4n) is 6.89. The summed E-state index contributed by atoms with van der Waals surface area (Å²) in [5.41, 5.74) is 1.86. The van der Waals surface area contributed by atoms with Gasteiger partial charge in [-0.3, -0.25) is 9.59 Å². The van der Waals surface area contributed by atoms with Gasteiger partial charge in [0, 0.05) is 29.2 Å². The zero-order chi connectivity index (χ0) is 32.7. The first-order valence-corrected chi connectivity index (χ1v) is 15.6. The molecule has 4 bridgehead atoms. The van der Waals surface area contributed by atoms with Gasteiger partial charge >= 0.3 is 0 Å². The highest BCUT2D eigenvalue weighted by molar-refractivity contribution is 5.89. The summed E-state index contributed by atoms with van der Waals surface area (Å²) >= 11 is 0. The monoisotopic (exact) mass is 628 g/mol. The molecule has 5 heterocycles. The van der Waals surface area contributed by atoms with E-state index in [0.29, 0.717) is 39.7 Å². The predicted molar refractivity (Wildman–Crippen MR) is 166 cm³/mol. The van der Waals surface area contributed by atoms with Crippen LogP contribution in [-0.2, 0) is 21.4 Å². The third-order valence-electron chi connectivity index (χ3n) is 9.28. The lowest BCUT2D eigenvalue weighted by Gasteiger charge is -2.32. The lowest BCUT2D eigenvalue weighted by molar-refractivity contribution is -0.135. The van der Waals surface area contributed by atoms with Crippen LogP contribution >= 0.6 is 0 Å². The van der Waals surface area contributed by atoms with Gasteiger partial charge in [-0.15, -0.1) is 0 Å². The number of nitrogens with one attached hydrogen (secondary N) is 2. The number of hydrogen-bond donors (Lipinski definition) is 3. The molecule has 2 aromatic carbocycles. The first kappa shape index (κ1) is 30.2.